The normalized spacial score (nSPS) is 10.9. The van der Waals surface area contributed by atoms with E-state index in [0.717, 1.165) is 0 Å². The van der Waals surface area contributed by atoms with Crippen LogP contribution < -0.4 is 5.32 Å². The lowest BCUT2D eigenvalue weighted by molar-refractivity contribution is 0.610. The number of H-pyrrole nitrogens is 1. The molecule has 0 bridgehead atoms. The Morgan fingerprint density at radius 1 is 1.10 bits per heavy atom. The van der Waals surface area contributed by atoms with Gasteiger partial charge in [0.15, 0.2) is 0 Å². The first-order valence-corrected chi connectivity index (χ1v) is 6.35. The van der Waals surface area contributed by atoms with E-state index in [-0.39, 0.29) is 11.6 Å². The summed E-state index contributed by atoms with van der Waals surface area (Å²) in [5.74, 6) is 0.0435. The molecule has 0 fully saturated rings. The van der Waals surface area contributed by atoms with Gasteiger partial charge in [-0.3, -0.25) is 0 Å². The molecule has 5 heteroatoms. The van der Waals surface area contributed by atoms with Crippen LogP contribution in [0.4, 0.5) is 14.7 Å². The van der Waals surface area contributed by atoms with Crippen molar-refractivity contribution in [1.82, 2.24) is 9.97 Å². The van der Waals surface area contributed by atoms with Gasteiger partial charge in [0.25, 0.3) is 0 Å². The van der Waals surface area contributed by atoms with E-state index in [2.05, 4.69) is 15.3 Å². The van der Waals surface area contributed by atoms with Gasteiger partial charge >= 0.3 is 0 Å². The average molecular weight is 273 g/mol. The molecule has 0 spiro atoms. The molecule has 0 aliphatic carbocycles. The number of aromatic amines is 1. The highest BCUT2D eigenvalue weighted by Gasteiger charge is 2.04. The molecule has 0 unspecified atom stereocenters. The van der Waals surface area contributed by atoms with E-state index in [1.54, 1.807) is 18.2 Å². The van der Waals surface area contributed by atoms with Crippen LogP contribution in [0.1, 0.15) is 5.56 Å². The minimum absolute atomic E-state index is 0.207. The Labute approximate surface area is 114 Å². The van der Waals surface area contributed by atoms with Crippen molar-refractivity contribution in [3.05, 3.63) is 59.7 Å². The smallest absolute Gasteiger partial charge is 0.201 e. The second kappa shape index (κ2) is 5.28. The van der Waals surface area contributed by atoms with Crippen molar-refractivity contribution in [3.63, 3.8) is 0 Å². The van der Waals surface area contributed by atoms with E-state index in [4.69, 9.17) is 0 Å². The Hall–Kier alpha value is -2.43. The van der Waals surface area contributed by atoms with Crippen LogP contribution in [0.2, 0.25) is 0 Å². The maximum absolute atomic E-state index is 13.4. The number of nitrogens with zero attached hydrogens (tertiary/aromatic N) is 1. The van der Waals surface area contributed by atoms with Gasteiger partial charge in [0.05, 0.1) is 11.0 Å². The van der Waals surface area contributed by atoms with Gasteiger partial charge in [0.2, 0.25) is 5.95 Å². The second-order valence-corrected chi connectivity index (χ2v) is 4.52. The van der Waals surface area contributed by atoms with E-state index in [1.165, 1.54) is 18.2 Å². The maximum Gasteiger partial charge on any atom is 0.201 e. The van der Waals surface area contributed by atoms with Crippen LogP contribution in [0.5, 0.6) is 0 Å². The largest absolute Gasteiger partial charge is 0.355 e. The number of nitrogens with one attached hydrogen (secondary N) is 2. The monoisotopic (exact) mass is 273 g/mol. The van der Waals surface area contributed by atoms with Gasteiger partial charge in [-0.2, -0.15) is 0 Å². The van der Waals surface area contributed by atoms with Crippen LogP contribution in [0.25, 0.3) is 11.0 Å². The van der Waals surface area contributed by atoms with Crippen LogP contribution in [-0.2, 0) is 6.42 Å². The van der Waals surface area contributed by atoms with Crippen molar-refractivity contribution >= 4 is 17.0 Å². The quantitative estimate of drug-likeness (QED) is 0.764. The van der Waals surface area contributed by atoms with E-state index in [1.807, 2.05) is 6.07 Å². The fourth-order valence-corrected chi connectivity index (χ4v) is 2.08. The summed E-state index contributed by atoms with van der Waals surface area (Å²) in [5.41, 5.74) is 1.99. The Kier molecular flexibility index (Phi) is 3.33. The molecule has 0 aliphatic heterocycles. The summed E-state index contributed by atoms with van der Waals surface area (Å²) in [7, 11) is 0. The van der Waals surface area contributed by atoms with Crippen LogP contribution in [0, 0.1) is 11.6 Å². The number of imidazole rings is 1. The number of aromatic nitrogens is 2. The zero-order valence-corrected chi connectivity index (χ0v) is 10.7. The van der Waals surface area contributed by atoms with Gasteiger partial charge in [-0.25, -0.2) is 13.8 Å². The summed E-state index contributed by atoms with van der Waals surface area (Å²) in [6.07, 6.45) is 0.554. The van der Waals surface area contributed by atoms with Gasteiger partial charge < -0.3 is 10.3 Å². The molecule has 0 radical (unpaired) electrons. The van der Waals surface area contributed by atoms with Crippen molar-refractivity contribution < 1.29 is 8.78 Å². The molecular weight excluding hydrogens is 260 g/mol. The summed E-state index contributed by atoms with van der Waals surface area (Å²) < 4.78 is 26.5. The molecule has 1 aromatic heterocycles. The number of benzene rings is 2. The van der Waals surface area contributed by atoms with Crippen molar-refractivity contribution in [2.24, 2.45) is 0 Å². The molecule has 0 amide bonds. The topological polar surface area (TPSA) is 40.7 Å². The van der Waals surface area contributed by atoms with Crippen LogP contribution >= 0.6 is 0 Å². The highest BCUT2D eigenvalue weighted by Crippen LogP contribution is 2.15. The molecule has 0 saturated carbocycles. The highest BCUT2D eigenvalue weighted by molar-refractivity contribution is 5.77. The van der Waals surface area contributed by atoms with Crippen LogP contribution in [0.3, 0.4) is 0 Å². The molecule has 2 aromatic carbocycles. The molecule has 0 atom stereocenters. The number of anilines is 1. The second-order valence-electron chi connectivity index (χ2n) is 4.52. The number of hydrogen-bond acceptors (Lipinski definition) is 2. The van der Waals surface area contributed by atoms with Crippen molar-refractivity contribution in [2.45, 2.75) is 6.42 Å². The lowest BCUT2D eigenvalue weighted by Crippen LogP contribution is -2.07. The average Bonchev–Trinajstić information content (AvgIpc) is 2.83. The maximum atomic E-state index is 13.4. The summed E-state index contributed by atoms with van der Waals surface area (Å²) in [5, 5.41) is 3.07. The van der Waals surface area contributed by atoms with Gasteiger partial charge in [-0.15, -0.1) is 0 Å². The van der Waals surface area contributed by atoms with E-state index < -0.39 is 0 Å². The SMILES string of the molecule is Fc1ccc2nc(NCCc3ccccc3F)[nH]c2c1. The minimum atomic E-state index is -0.306. The van der Waals surface area contributed by atoms with E-state index in [9.17, 15) is 8.78 Å². The summed E-state index contributed by atoms with van der Waals surface area (Å²) in [4.78, 5) is 7.26. The van der Waals surface area contributed by atoms with Gasteiger partial charge in [0, 0.05) is 6.54 Å². The molecule has 102 valence electrons. The van der Waals surface area contributed by atoms with Crippen molar-refractivity contribution in [3.8, 4) is 0 Å². The number of hydrogen-bond donors (Lipinski definition) is 2. The Morgan fingerprint density at radius 3 is 2.80 bits per heavy atom. The molecular formula is C15H13F2N3. The fraction of sp³-hybridized carbons (Fsp3) is 0.133. The predicted molar refractivity (Wildman–Crippen MR) is 74.6 cm³/mol. The van der Waals surface area contributed by atoms with Gasteiger partial charge in [-0.05, 0) is 36.2 Å². The lowest BCUT2D eigenvalue weighted by Gasteiger charge is -2.04. The third-order valence-corrected chi connectivity index (χ3v) is 3.09. The molecule has 0 saturated heterocycles. The van der Waals surface area contributed by atoms with Crippen molar-refractivity contribution in [1.29, 1.82) is 0 Å². The zero-order chi connectivity index (χ0) is 13.9. The Balaban J connectivity index is 1.67. The number of halogens is 2. The summed E-state index contributed by atoms with van der Waals surface area (Å²) in [6.45, 7) is 0.545. The third-order valence-electron chi connectivity index (χ3n) is 3.09. The molecule has 3 rings (SSSR count). The predicted octanol–water partition coefficient (Wildman–Crippen LogP) is 3.50. The standard InChI is InChI=1S/C15H13F2N3/c16-11-5-6-13-14(9-11)20-15(19-13)18-8-7-10-3-1-2-4-12(10)17/h1-6,9H,7-8H2,(H2,18,19,20). The third kappa shape index (κ3) is 2.61. The number of rotatable bonds is 4. The Bertz CT molecular complexity index is 737. The minimum Gasteiger partial charge on any atom is -0.355 e. The van der Waals surface area contributed by atoms with Gasteiger partial charge in [0.1, 0.15) is 11.6 Å². The molecule has 1 heterocycles. The molecule has 0 aliphatic rings. The first kappa shape index (κ1) is 12.6. The first-order valence-electron chi connectivity index (χ1n) is 6.35. The highest BCUT2D eigenvalue weighted by atomic mass is 19.1. The molecule has 3 nitrogen and oxygen atoms in total. The number of fused-ring (bicyclic) bond motifs is 1. The molecule has 20 heavy (non-hydrogen) atoms. The molecule has 2 N–H and O–H groups in total. The van der Waals surface area contributed by atoms with Crippen molar-refractivity contribution in [2.75, 3.05) is 11.9 Å². The fourth-order valence-electron chi connectivity index (χ4n) is 2.08. The van der Waals surface area contributed by atoms with Crippen LogP contribution in [-0.4, -0.2) is 16.5 Å². The lowest BCUT2D eigenvalue weighted by atomic mass is 10.1. The van der Waals surface area contributed by atoms with Crippen LogP contribution in [0.15, 0.2) is 42.5 Å². The Morgan fingerprint density at radius 2 is 1.95 bits per heavy atom. The summed E-state index contributed by atoms with van der Waals surface area (Å²) in [6, 6.07) is 11.0. The van der Waals surface area contributed by atoms with Gasteiger partial charge in [-0.1, -0.05) is 18.2 Å². The summed E-state index contributed by atoms with van der Waals surface area (Å²) >= 11 is 0. The zero-order valence-electron chi connectivity index (χ0n) is 10.7. The van der Waals surface area contributed by atoms with E-state index in [0.29, 0.717) is 35.5 Å². The van der Waals surface area contributed by atoms with E-state index >= 15 is 0 Å². The first-order chi connectivity index (χ1) is 9.72. The molecule has 3 aromatic rings.